The lowest BCUT2D eigenvalue weighted by molar-refractivity contribution is -0.223. The van der Waals surface area contributed by atoms with E-state index >= 15 is 0 Å². The number of hydrogen-bond acceptors (Lipinski definition) is 8. The summed E-state index contributed by atoms with van der Waals surface area (Å²) in [6.07, 6.45) is 72.2. The number of ether oxygens (including phenoxy) is 2. The second-order valence-electron chi connectivity index (χ2n) is 25.9. The summed E-state index contributed by atoms with van der Waals surface area (Å²) in [6.45, 7) is 23.4. The molecule has 0 spiro atoms. The van der Waals surface area contributed by atoms with E-state index in [0.717, 1.165) is 73.7 Å². The van der Waals surface area contributed by atoms with Gasteiger partial charge in [0.15, 0.2) is 0 Å². The number of esters is 2. The highest BCUT2D eigenvalue weighted by Gasteiger charge is 2.60. The van der Waals surface area contributed by atoms with Crippen LogP contribution in [0.3, 0.4) is 0 Å². The number of aliphatic hydroxyl groups is 4. The fourth-order valence-corrected chi connectivity index (χ4v) is 11.5. The van der Waals surface area contributed by atoms with Crippen molar-refractivity contribution >= 4 is 11.9 Å². The van der Waals surface area contributed by atoms with Crippen LogP contribution in [0.5, 0.6) is 0 Å². The van der Waals surface area contributed by atoms with E-state index in [2.05, 4.69) is 74.6 Å². The van der Waals surface area contributed by atoms with E-state index in [1.807, 2.05) is 128 Å². The molecular weight excluding hydrogens is 1040 g/mol. The molecule has 4 N–H and O–H groups in total. The molecule has 2 aliphatic carbocycles. The van der Waals surface area contributed by atoms with Crippen molar-refractivity contribution in [1.82, 2.24) is 0 Å². The van der Waals surface area contributed by atoms with Gasteiger partial charge in [-0.25, -0.2) is 0 Å². The fraction of sp³-hybridized carbons (Fsp3) is 0.605. The molecule has 6 atom stereocenters. The largest absolute Gasteiger partial charge is 0.462 e. The molecule has 8 heteroatoms. The molecule has 0 bridgehead atoms. The van der Waals surface area contributed by atoms with Crippen molar-refractivity contribution in [1.29, 1.82) is 0 Å². The van der Waals surface area contributed by atoms with Crippen LogP contribution in [0, 0.1) is 10.8 Å². The maximum atomic E-state index is 12.9. The van der Waals surface area contributed by atoms with Gasteiger partial charge in [-0.1, -0.05) is 249 Å². The quantitative estimate of drug-likeness (QED) is 0.0207. The molecule has 0 unspecified atom stereocenters. The molecule has 0 aromatic carbocycles. The Morgan fingerprint density at radius 3 is 1.12 bits per heavy atom. The number of allylic oxidation sites excluding steroid dienone is 26. The van der Waals surface area contributed by atoms with Crippen LogP contribution in [-0.2, 0) is 19.1 Å². The predicted octanol–water partition coefficient (Wildman–Crippen LogP) is 19.4. The molecule has 2 saturated carbocycles. The maximum Gasteiger partial charge on any atom is 0.306 e. The Bertz CT molecular complexity index is 2320. The Labute approximate surface area is 512 Å². The van der Waals surface area contributed by atoms with Crippen molar-refractivity contribution in [3.63, 3.8) is 0 Å². The summed E-state index contributed by atoms with van der Waals surface area (Å²) in [6, 6.07) is 0. The molecule has 2 fully saturated rings. The first kappa shape index (κ1) is 75.2. The van der Waals surface area contributed by atoms with Crippen LogP contribution in [0.1, 0.15) is 250 Å². The first-order chi connectivity index (χ1) is 39.8. The first-order valence-electron chi connectivity index (χ1n) is 32.5. The van der Waals surface area contributed by atoms with Crippen molar-refractivity contribution in [2.45, 2.75) is 285 Å². The van der Waals surface area contributed by atoms with Gasteiger partial charge in [-0.15, -0.1) is 0 Å². The van der Waals surface area contributed by atoms with E-state index in [4.69, 9.17) is 9.47 Å². The molecule has 0 radical (unpaired) electrons. The van der Waals surface area contributed by atoms with E-state index in [1.54, 1.807) is 26.0 Å². The van der Waals surface area contributed by atoms with E-state index < -0.39 is 45.4 Å². The third kappa shape index (κ3) is 29.0. The Kier molecular flexibility index (Phi) is 36.3. The molecule has 0 aromatic heterocycles. The standard InChI is InChI=1S/C76H118O8/c1-13-15-17-19-21-23-25-27-28-29-30-32-34-36-38-40-42-54-70(78)84-68-60-72(9,10)76(82,74(12,80)62-68)58-56-66(6)52-46-50-64(4)48-44-43-47-63(3)49-45-51-65(5)55-57-75(81)71(7,8)59-67(61-73(75,11)79)83-69(77)53-41-39-37-35-33-31-26-24-22-20-18-16-14-2/h21,23-24,26-28,30,32,36,38,43-52,55-58,67-68,79-82H,13-20,22,25,29,31,33-35,37,39-42,53-54,59-62H2,1-12H3/b23-21-,26-24-,28-27-,32-30-,38-36-,44-43+,49-45+,50-46+,57-55+,58-56+,63-47+,64-48+,65-51+,66-52+/t67-,68-,73+,74+,75+,76+/m0/s1. The van der Waals surface area contributed by atoms with Crippen LogP contribution < -0.4 is 0 Å². The summed E-state index contributed by atoms with van der Waals surface area (Å²) < 4.78 is 11.8. The van der Waals surface area contributed by atoms with Gasteiger partial charge < -0.3 is 29.9 Å². The van der Waals surface area contributed by atoms with Gasteiger partial charge in [-0.2, -0.15) is 0 Å². The van der Waals surface area contributed by atoms with Gasteiger partial charge in [0, 0.05) is 36.5 Å². The zero-order chi connectivity index (χ0) is 62.4. The van der Waals surface area contributed by atoms with E-state index in [9.17, 15) is 30.0 Å². The molecule has 0 aromatic rings. The van der Waals surface area contributed by atoms with E-state index in [0.29, 0.717) is 32.1 Å². The van der Waals surface area contributed by atoms with Crippen LogP contribution in [-0.4, -0.2) is 67.0 Å². The third-order valence-electron chi connectivity index (χ3n) is 16.8. The van der Waals surface area contributed by atoms with Crippen LogP contribution in [0.4, 0.5) is 0 Å². The molecule has 0 saturated heterocycles. The molecule has 0 aliphatic heterocycles. The lowest BCUT2D eigenvalue weighted by Gasteiger charge is -2.55. The Morgan fingerprint density at radius 2 is 0.702 bits per heavy atom. The third-order valence-corrected chi connectivity index (χ3v) is 16.8. The van der Waals surface area contributed by atoms with Crippen molar-refractivity contribution in [3.05, 3.63) is 168 Å². The monoisotopic (exact) mass is 1160 g/mol. The average Bonchev–Trinajstić information content (AvgIpc) is 0.839. The maximum absolute atomic E-state index is 12.9. The van der Waals surface area contributed by atoms with Crippen LogP contribution >= 0.6 is 0 Å². The SMILES string of the molecule is CCCCC/C=C\C/C=C\C/C=C\C/C=C\CCCC(=O)O[C@H]1CC(C)(C)[C@](O)(/C=C/C(C)=C/C=C/C(C)=C/C=C/C=C(C)/C=C/C=C(C)/C=C/[C@@]2(O)C(C)(C)C[C@H](OC(=O)CCCCCCC/C=C\CCCCCC)C[C@@]2(C)O)[C@](C)(O)C1. The molecule has 8 nitrogen and oxygen atoms in total. The van der Waals surface area contributed by atoms with Crippen LogP contribution in [0.2, 0.25) is 0 Å². The fourth-order valence-electron chi connectivity index (χ4n) is 11.5. The molecular formula is C76H118O8. The number of carbonyl (C=O) groups excluding carboxylic acids is 2. The van der Waals surface area contributed by atoms with Gasteiger partial charge in [0.2, 0.25) is 0 Å². The van der Waals surface area contributed by atoms with Gasteiger partial charge in [0.05, 0.1) is 11.2 Å². The van der Waals surface area contributed by atoms with Crippen LogP contribution in [0.25, 0.3) is 0 Å². The predicted molar refractivity (Wildman–Crippen MR) is 356 cm³/mol. The highest BCUT2D eigenvalue weighted by molar-refractivity contribution is 5.70. The number of carbonyl (C=O) groups is 2. The number of unbranched alkanes of at least 4 members (excludes halogenated alkanes) is 13. The highest BCUT2D eigenvalue weighted by Crippen LogP contribution is 2.52. The molecule has 2 aliphatic rings. The summed E-state index contributed by atoms with van der Waals surface area (Å²) in [5.41, 5.74) is -3.73. The van der Waals surface area contributed by atoms with Crippen molar-refractivity contribution in [2.24, 2.45) is 10.8 Å². The summed E-state index contributed by atoms with van der Waals surface area (Å²) in [4.78, 5) is 25.7. The molecule has 2 rings (SSSR count). The minimum Gasteiger partial charge on any atom is -0.462 e. The summed E-state index contributed by atoms with van der Waals surface area (Å²) >= 11 is 0. The first-order valence-corrected chi connectivity index (χ1v) is 32.5. The van der Waals surface area contributed by atoms with Gasteiger partial charge in [-0.05, 0) is 144 Å². The lowest BCUT2D eigenvalue weighted by atomic mass is 9.57. The molecule has 470 valence electrons. The second-order valence-corrected chi connectivity index (χ2v) is 25.9. The van der Waals surface area contributed by atoms with Gasteiger partial charge in [-0.3, -0.25) is 9.59 Å². The average molecular weight is 1160 g/mol. The zero-order valence-electron chi connectivity index (χ0n) is 54.8. The minimum atomic E-state index is -1.55. The molecule has 0 amide bonds. The summed E-state index contributed by atoms with van der Waals surface area (Å²) in [5, 5.41) is 47.4. The number of rotatable bonds is 39. The molecule has 84 heavy (non-hydrogen) atoms. The van der Waals surface area contributed by atoms with Gasteiger partial charge in [0.25, 0.3) is 0 Å². The topological polar surface area (TPSA) is 134 Å². The Morgan fingerprint density at radius 1 is 0.393 bits per heavy atom. The van der Waals surface area contributed by atoms with E-state index in [-0.39, 0.29) is 24.8 Å². The lowest BCUT2D eigenvalue weighted by Crippen LogP contribution is -2.65. The molecule has 0 heterocycles. The highest BCUT2D eigenvalue weighted by atomic mass is 16.5. The van der Waals surface area contributed by atoms with Crippen molar-refractivity contribution in [3.8, 4) is 0 Å². The second kappa shape index (κ2) is 40.5. The normalized spacial score (nSPS) is 25.8. The van der Waals surface area contributed by atoms with Crippen LogP contribution in [0.15, 0.2) is 168 Å². The van der Waals surface area contributed by atoms with Gasteiger partial charge in [0.1, 0.15) is 23.4 Å². The van der Waals surface area contributed by atoms with Crippen molar-refractivity contribution < 1.29 is 39.5 Å². The minimum absolute atomic E-state index is 0.138. The Balaban J connectivity index is 1.81. The van der Waals surface area contributed by atoms with Gasteiger partial charge >= 0.3 is 11.9 Å². The zero-order valence-corrected chi connectivity index (χ0v) is 54.8. The van der Waals surface area contributed by atoms with E-state index in [1.165, 1.54) is 70.6 Å². The summed E-state index contributed by atoms with van der Waals surface area (Å²) in [5.74, 6) is -0.505. The Hall–Kier alpha value is -4.86. The smallest absolute Gasteiger partial charge is 0.306 e. The number of hydrogen-bond donors (Lipinski definition) is 4. The summed E-state index contributed by atoms with van der Waals surface area (Å²) in [7, 11) is 0. The van der Waals surface area contributed by atoms with Crippen molar-refractivity contribution in [2.75, 3.05) is 0 Å².